The van der Waals surface area contributed by atoms with Crippen LogP contribution in [0.2, 0.25) is 0 Å². The Morgan fingerprint density at radius 1 is 1.33 bits per heavy atom. The Hall–Kier alpha value is -0.740. The number of nitrogens with two attached hydrogens (primary N) is 1. The van der Waals surface area contributed by atoms with Gasteiger partial charge in [-0.25, -0.2) is 0 Å². The molecule has 0 aliphatic rings. The summed E-state index contributed by atoms with van der Waals surface area (Å²) in [6.45, 7) is 3.06. The quantitative estimate of drug-likeness (QED) is 0.564. The molecule has 0 amide bonds. The average molecular weight is 282 g/mol. The molecule has 1 aromatic rings. The van der Waals surface area contributed by atoms with Crippen molar-refractivity contribution in [2.45, 2.75) is 26.2 Å². The first-order chi connectivity index (χ1) is 8.65. The third-order valence-corrected chi connectivity index (χ3v) is 3.70. The standard InChI is InChI=1S/C14H22N2S2/c1-11-6-7-12(14(15)17)13(10-11)16-8-4-3-5-9-18-2/h6-7,10,16H,3-5,8-9H2,1-2H3,(H2,15,17). The van der Waals surface area contributed by atoms with E-state index >= 15 is 0 Å². The van der Waals surface area contributed by atoms with Crippen molar-refractivity contribution in [3.8, 4) is 0 Å². The molecule has 0 saturated carbocycles. The van der Waals surface area contributed by atoms with E-state index in [0.29, 0.717) is 4.99 Å². The van der Waals surface area contributed by atoms with Crippen LogP contribution in [0.5, 0.6) is 0 Å². The summed E-state index contributed by atoms with van der Waals surface area (Å²) in [6, 6.07) is 6.14. The Morgan fingerprint density at radius 3 is 2.78 bits per heavy atom. The van der Waals surface area contributed by atoms with E-state index in [1.54, 1.807) is 0 Å². The van der Waals surface area contributed by atoms with Gasteiger partial charge in [-0.05, 0) is 49.5 Å². The minimum absolute atomic E-state index is 0.458. The molecule has 0 heterocycles. The molecule has 0 aliphatic carbocycles. The van der Waals surface area contributed by atoms with Gasteiger partial charge < -0.3 is 11.1 Å². The van der Waals surface area contributed by atoms with Crippen molar-refractivity contribution in [1.29, 1.82) is 0 Å². The fourth-order valence-electron chi connectivity index (χ4n) is 1.79. The second kappa shape index (κ2) is 8.38. The van der Waals surface area contributed by atoms with Gasteiger partial charge in [0.1, 0.15) is 4.99 Å². The summed E-state index contributed by atoms with van der Waals surface area (Å²) >= 11 is 6.97. The first-order valence-corrected chi connectivity index (χ1v) is 8.08. The minimum atomic E-state index is 0.458. The van der Waals surface area contributed by atoms with Crippen LogP contribution in [-0.4, -0.2) is 23.5 Å². The summed E-state index contributed by atoms with van der Waals surface area (Å²) in [5, 5.41) is 3.44. The number of benzene rings is 1. The van der Waals surface area contributed by atoms with Crippen molar-refractivity contribution in [1.82, 2.24) is 0 Å². The Morgan fingerprint density at radius 2 is 2.11 bits per heavy atom. The van der Waals surface area contributed by atoms with Crippen LogP contribution in [0.1, 0.15) is 30.4 Å². The van der Waals surface area contributed by atoms with E-state index in [9.17, 15) is 0 Å². The van der Waals surface area contributed by atoms with Crippen molar-refractivity contribution < 1.29 is 0 Å². The van der Waals surface area contributed by atoms with Crippen molar-refractivity contribution in [3.05, 3.63) is 29.3 Å². The fraction of sp³-hybridized carbons (Fsp3) is 0.500. The summed E-state index contributed by atoms with van der Waals surface area (Å²) in [6.07, 6.45) is 5.89. The van der Waals surface area contributed by atoms with E-state index in [0.717, 1.165) is 17.8 Å². The molecule has 3 N–H and O–H groups in total. The zero-order valence-corrected chi connectivity index (χ0v) is 12.8. The second-order valence-corrected chi connectivity index (χ2v) is 5.82. The molecule has 1 aromatic carbocycles. The van der Waals surface area contributed by atoms with E-state index in [1.807, 2.05) is 23.9 Å². The van der Waals surface area contributed by atoms with Gasteiger partial charge in [0.15, 0.2) is 0 Å². The highest BCUT2D eigenvalue weighted by Gasteiger charge is 2.04. The number of thioether (sulfide) groups is 1. The first kappa shape index (κ1) is 15.3. The molecule has 0 aromatic heterocycles. The van der Waals surface area contributed by atoms with E-state index in [2.05, 4.69) is 24.6 Å². The molecule has 4 heteroatoms. The van der Waals surface area contributed by atoms with Crippen LogP contribution in [0.4, 0.5) is 5.69 Å². The number of anilines is 1. The molecule has 0 saturated heterocycles. The number of unbranched alkanes of at least 4 members (excludes halogenated alkanes) is 2. The molecule has 18 heavy (non-hydrogen) atoms. The van der Waals surface area contributed by atoms with Crippen LogP contribution in [0.3, 0.4) is 0 Å². The Kier molecular flexibility index (Phi) is 7.13. The highest BCUT2D eigenvalue weighted by Crippen LogP contribution is 2.17. The largest absolute Gasteiger partial charge is 0.389 e. The molecule has 1 rings (SSSR count). The van der Waals surface area contributed by atoms with E-state index in [-0.39, 0.29) is 0 Å². The lowest BCUT2D eigenvalue weighted by molar-refractivity contribution is 0.749. The Bertz CT molecular complexity index is 391. The number of rotatable bonds is 8. The van der Waals surface area contributed by atoms with E-state index < -0.39 is 0 Å². The number of aryl methyl sites for hydroxylation is 1. The predicted molar refractivity (Wildman–Crippen MR) is 87.8 cm³/mol. The second-order valence-electron chi connectivity index (χ2n) is 4.39. The van der Waals surface area contributed by atoms with Gasteiger partial charge in [0.2, 0.25) is 0 Å². The maximum Gasteiger partial charge on any atom is 0.106 e. The molecule has 0 bridgehead atoms. The van der Waals surface area contributed by atoms with Crippen LogP contribution in [0.25, 0.3) is 0 Å². The SMILES string of the molecule is CSCCCCCNc1cc(C)ccc1C(N)=S. The summed E-state index contributed by atoms with van der Waals surface area (Å²) in [5.41, 5.74) is 8.95. The van der Waals surface area contributed by atoms with Crippen molar-refractivity contribution >= 4 is 34.7 Å². The lowest BCUT2D eigenvalue weighted by Gasteiger charge is -2.12. The van der Waals surface area contributed by atoms with Gasteiger partial charge in [0.25, 0.3) is 0 Å². The summed E-state index contributed by atoms with van der Waals surface area (Å²) in [7, 11) is 0. The van der Waals surface area contributed by atoms with E-state index in [1.165, 1.54) is 30.6 Å². The zero-order valence-electron chi connectivity index (χ0n) is 11.2. The summed E-state index contributed by atoms with van der Waals surface area (Å²) in [4.78, 5) is 0.458. The number of hydrogen-bond acceptors (Lipinski definition) is 3. The highest BCUT2D eigenvalue weighted by atomic mass is 32.2. The average Bonchev–Trinajstić information content (AvgIpc) is 2.33. The minimum Gasteiger partial charge on any atom is -0.389 e. The van der Waals surface area contributed by atoms with E-state index in [4.69, 9.17) is 18.0 Å². The number of hydrogen-bond donors (Lipinski definition) is 2. The normalized spacial score (nSPS) is 10.3. The predicted octanol–water partition coefficient (Wildman–Crippen LogP) is 3.57. The lowest BCUT2D eigenvalue weighted by Crippen LogP contribution is -2.14. The highest BCUT2D eigenvalue weighted by molar-refractivity contribution is 7.98. The topological polar surface area (TPSA) is 38.0 Å². The van der Waals surface area contributed by atoms with Crippen LogP contribution in [-0.2, 0) is 0 Å². The van der Waals surface area contributed by atoms with Crippen LogP contribution >= 0.6 is 24.0 Å². The lowest BCUT2D eigenvalue weighted by atomic mass is 10.1. The molecule has 0 atom stereocenters. The number of nitrogens with one attached hydrogen (secondary N) is 1. The van der Waals surface area contributed by atoms with Gasteiger partial charge in [-0.2, -0.15) is 11.8 Å². The zero-order chi connectivity index (χ0) is 13.4. The molecule has 0 spiro atoms. The van der Waals surface area contributed by atoms with Crippen molar-refractivity contribution in [3.63, 3.8) is 0 Å². The van der Waals surface area contributed by atoms with Crippen molar-refractivity contribution in [2.24, 2.45) is 5.73 Å². The van der Waals surface area contributed by atoms with Crippen LogP contribution < -0.4 is 11.1 Å². The van der Waals surface area contributed by atoms with Gasteiger partial charge in [-0.1, -0.05) is 24.7 Å². The molecule has 0 radical (unpaired) electrons. The van der Waals surface area contributed by atoms with Crippen LogP contribution in [0, 0.1) is 6.92 Å². The smallest absolute Gasteiger partial charge is 0.106 e. The first-order valence-electron chi connectivity index (χ1n) is 6.28. The Labute approximate surface area is 120 Å². The molecule has 0 unspecified atom stereocenters. The maximum atomic E-state index is 5.72. The third-order valence-electron chi connectivity index (χ3n) is 2.78. The monoisotopic (exact) mass is 282 g/mol. The van der Waals surface area contributed by atoms with Gasteiger partial charge in [0.05, 0.1) is 0 Å². The molecule has 2 nitrogen and oxygen atoms in total. The molecular weight excluding hydrogens is 260 g/mol. The summed E-state index contributed by atoms with van der Waals surface area (Å²) in [5.74, 6) is 1.25. The Balaban J connectivity index is 2.45. The summed E-state index contributed by atoms with van der Waals surface area (Å²) < 4.78 is 0. The molecule has 0 fully saturated rings. The van der Waals surface area contributed by atoms with Gasteiger partial charge in [0, 0.05) is 17.8 Å². The molecular formula is C14H22N2S2. The van der Waals surface area contributed by atoms with Gasteiger partial charge in [-0.15, -0.1) is 0 Å². The van der Waals surface area contributed by atoms with Gasteiger partial charge in [-0.3, -0.25) is 0 Å². The molecule has 0 aliphatic heterocycles. The third kappa shape index (κ3) is 5.27. The maximum absolute atomic E-state index is 5.72. The fourth-order valence-corrected chi connectivity index (χ4v) is 2.46. The van der Waals surface area contributed by atoms with Gasteiger partial charge >= 0.3 is 0 Å². The van der Waals surface area contributed by atoms with Crippen molar-refractivity contribution in [2.75, 3.05) is 23.9 Å². The van der Waals surface area contributed by atoms with Crippen LogP contribution in [0.15, 0.2) is 18.2 Å². The number of thiocarbonyl (C=S) groups is 1. The molecule has 100 valence electrons.